The molecule has 2 aromatic rings. The first kappa shape index (κ1) is 14.2. The molecular weight excluding hydrogens is 282 g/mol. The van der Waals surface area contributed by atoms with Crippen molar-refractivity contribution in [1.82, 2.24) is 5.16 Å². The van der Waals surface area contributed by atoms with Gasteiger partial charge in [-0.2, -0.15) is 0 Å². The fourth-order valence-corrected chi connectivity index (χ4v) is 1.87. The van der Waals surface area contributed by atoms with E-state index in [0.717, 1.165) is 5.56 Å². The van der Waals surface area contributed by atoms with Gasteiger partial charge in [0.15, 0.2) is 0 Å². The van der Waals surface area contributed by atoms with Crippen molar-refractivity contribution in [2.24, 2.45) is 0 Å². The minimum absolute atomic E-state index is 0.265. The van der Waals surface area contributed by atoms with Crippen LogP contribution in [0.1, 0.15) is 11.3 Å². The van der Waals surface area contributed by atoms with Crippen molar-refractivity contribution in [3.05, 3.63) is 34.5 Å². The van der Waals surface area contributed by atoms with Gasteiger partial charge in [-0.3, -0.25) is 5.32 Å². The number of amides is 2. The molecule has 0 saturated carbocycles. The largest absolute Gasteiger partial charge is 0.496 e. The number of hydrogen-bond acceptors (Lipinski definition) is 4. The molecule has 0 bridgehead atoms. The zero-order chi connectivity index (χ0) is 14.7. The first-order chi connectivity index (χ1) is 9.49. The highest BCUT2D eigenvalue weighted by atomic mass is 35.5. The zero-order valence-electron chi connectivity index (χ0n) is 11.3. The summed E-state index contributed by atoms with van der Waals surface area (Å²) in [7, 11) is 1.56. The summed E-state index contributed by atoms with van der Waals surface area (Å²) in [5, 5.41) is 9.21. The monoisotopic (exact) mass is 295 g/mol. The molecule has 0 spiro atoms. The molecule has 2 amide bonds. The number of ether oxygens (including phenoxy) is 1. The molecule has 0 aliphatic heterocycles. The fraction of sp³-hybridized carbons (Fsp3) is 0.231. The van der Waals surface area contributed by atoms with Gasteiger partial charge in [-0.1, -0.05) is 16.8 Å². The van der Waals surface area contributed by atoms with E-state index < -0.39 is 6.03 Å². The molecule has 106 valence electrons. The van der Waals surface area contributed by atoms with Crippen LogP contribution in [-0.4, -0.2) is 18.3 Å². The van der Waals surface area contributed by atoms with Crippen LogP contribution in [0.3, 0.4) is 0 Å². The van der Waals surface area contributed by atoms with Gasteiger partial charge in [0.2, 0.25) is 5.88 Å². The van der Waals surface area contributed by atoms with Crippen molar-refractivity contribution >= 4 is 29.2 Å². The van der Waals surface area contributed by atoms with E-state index in [1.54, 1.807) is 32.2 Å². The molecule has 0 aliphatic carbocycles. The van der Waals surface area contributed by atoms with E-state index in [1.165, 1.54) is 0 Å². The Bertz CT molecular complexity index is 640. The van der Waals surface area contributed by atoms with Crippen molar-refractivity contribution in [3.8, 4) is 5.75 Å². The van der Waals surface area contributed by atoms with Gasteiger partial charge < -0.3 is 14.6 Å². The number of rotatable bonds is 3. The van der Waals surface area contributed by atoms with Crippen LogP contribution in [0.4, 0.5) is 16.4 Å². The summed E-state index contributed by atoms with van der Waals surface area (Å²) in [6.07, 6.45) is 0. The lowest BCUT2D eigenvalue weighted by molar-refractivity contribution is 0.261. The van der Waals surface area contributed by atoms with E-state index in [4.69, 9.17) is 20.9 Å². The Balaban J connectivity index is 2.09. The van der Waals surface area contributed by atoms with Crippen molar-refractivity contribution in [1.29, 1.82) is 0 Å². The predicted octanol–water partition coefficient (Wildman–Crippen LogP) is 3.60. The van der Waals surface area contributed by atoms with Gasteiger partial charge in [-0.05, 0) is 25.5 Å². The molecule has 1 heterocycles. The average molecular weight is 296 g/mol. The molecule has 2 rings (SSSR count). The maximum Gasteiger partial charge on any atom is 0.326 e. The second kappa shape index (κ2) is 5.83. The number of benzene rings is 1. The van der Waals surface area contributed by atoms with Crippen LogP contribution in [0.15, 0.2) is 22.7 Å². The second-order valence-electron chi connectivity index (χ2n) is 4.21. The predicted molar refractivity (Wildman–Crippen MR) is 76.6 cm³/mol. The van der Waals surface area contributed by atoms with Crippen LogP contribution in [-0.2, 0) is 0 Å². The summed E-state index contributed by atoms with van der Waals surface area (Å²) in [4.78, 5) is 11.8. The summed E-state index contributed by atoms with van der Waals surface area (Å²) < 4.78 is 10.0. The molecule has 0 unspecified atom stereocenters. The average Bonchev–Trinajstić information content (AvgIpc) is 2.78. The van der Waals surface area contributed by atoms with Crippen LogP contribution >= 0.6 is 11.6 Å². The van der Waals surface area contributed by atoms with Gasteiger partial charge in [0, 0.05) is 12.1 Å². The maximum atomic E-state index is 11.8. The third-order valence-electron chi connectivity index (χ3n) is 2.60. The van der Waals surface area contributed by atoms with E-state index >= 15 is 0 Å². The lowest BCUT2D eigenvalue weighted by atomic mass is 10.2. The Labute approximate surface area is 121 Å². The molecule has 0 fully saturated rings. The van der Waals surface area contributed by atoms with Crippen molar-refractivity contribution in [2.45, 2.75) is 13.8 Å². The Morgan fingerprint density at radius 3 is 2.65 bits per heavy atom. The van der Waals surface area contributed by atoms with Crippen LogP contribution in [0.5, 0.6) is 5.75 Å². The van der Waals surface area contributed by atoms with Crippen LogP contribution in [0, 0.1) is 13.8 Å². The highest BCUT2D eigenvalue weighted by Crippen LogP contribution is 2.30. The maximum absolute atomic E-state index is 11.8. The number of nitrogens with zero attached hydrogens (tertiary/aromatic N) is 1. The zero-order valence-corrected chi connectivity index (χ0v) is 12.0. The molecule has 0 aliphatic rings. The molecular formula is C13H14ClN3O3. The third kappa shape index (κ3) is 3.21. The number of methoxy groups -OCH3 is 1. The first-order valence-electron chi connectivity index (χ1n) is 5.85. The van der Waals surface area contributed by atoms with E-state index in [0.29, 0.717) is 22.2 Å². The third-order valence-corrected chi connectivity index (χ3v) is 2.91. The lowest BCUT2D eigenvalue weighted by Gasteiger charge is -2.11. The van der Waals surface area contributed by atoms with Gasteiger partial charge in [-0.25, -0.2) is 4.79 Å². The van der Waals surface area contributed by atoms with E-state index in [-0.39, 0.29) is 5.88 Å². The van der Waals surface area contributed by atoms with Crippen LogP contribution < -0.4 is 15.4 Å². The van der Waals surface area contributed by atoms with E-state index in [2.05, 4.69) is 15.8 Å². The minimum atomic E-state index is -0.465. The molecule has 1 aromatic heterocycles. The molecule has 2 N–H and O–H groups in total. The number of carbonyl (C=O) groups excluding carboxylic acids is 1. The highest BCUT2D eigenvalue weighted by molar-refractivity contribution is 6.34. The van der Waals surface area contributed by atoms with Crippen molar-refractivity contribution < 1.29 is 14.1 Å². The van der Waals surface area contributed by atoms with Crippen molar-refractivity contribution in [2.75, 3.05) is 17.7 Å². The Hall–Kier alpha value is -2.21. The summed E-state index contributed by atoms with van der Waals surface area (Å²) in [6, 6.07) is 4.52. The number of halogens is 1. The molecule has 0 radical (unpaired) electrons. The summed E-state index contributed by atoms with van der Waals surface area (Å²) >= 11 is 6.07. The topological polar surface area (TPSA) is 76.4 Å². The summed E-state index contributed by atoms with van der Waals surface area (Å²) in [6.45, 7) is 3.62. The van der Waals surface area contributed by atoms with Gasteiger partial charge in [0.05, 0.1) is 23.5 Å². The normalized spacial score (nSPS) is 10.2. The van der Waals surface area contributed by atoms with Crippen molar-refractivity contribution in [3.63, 3.8) is 0 Å². The minimum Gasteiger partial charge on any atom is -0.496 e. The van der Waals surface area contributed by atoms with E-state index in [1.807, 2.05) is 6.92 Å². The lowest BCUT2D eigenvalue weighted by Crippen LogP contribution is -2.19. The number of carbonyl (C=O) groups is 1. The number of aromatic nitrogens is 1. The summed E-state index contributed by atoms with van der Waals surface area (Å²) in [5.74, 6) is 0.924. The fourth-order valence-electron chi connectivity index (χ4n) is 1.67. The Kier molecular flexibility index (Phi) is 4.14. The molecule has 0 atom stereocenters. The second-order valence-corrected chi connectivity index (χ2v) is 4.62. The van der Waals surface area contributed by atoms with Gasteiger partial charge in [0.25, 0.3) is 0 Å². The number of anilines is 2. The smallest absolute Gasteiger partial charge is 0.326 e. The molecule has 6 nitrogen and oxygen atoms in total. The molecule has 7 heteroatoms. The number of nitrogens with one attached hydrogen (secondary N) is 2. The number of aryl methyl sites for hydroxylation is 2. The highest BCUT2D eigenvalue weighted by Gasteiger charge is 2.11. The van der Waals surface area contributed by atoms with Gasteiger partial charge in [-0.15, -0.1) is 0 Å². The SMILES string of the molecule is COc1cc(Cl)c(NC(=O)Nc2cc(C)no2)cc1C. The standard InChI is InChI=1S/C13H14ClN3O3/c1-7-4-10(9(14)6-11(7)19-3)15-13(18)16-12-5-8(2)17-20-12/h4-6H,1-3H3,(H2,15,16,18). The van der Waals surface area contributed by atoms with Gasteiger partial charge >= 0.3 is 6.03 Å². The number of hydrogen-bond donors (Lipinski definition) is 2. The van der Waals surface area contributed by atoms with Crippen LogP contribution in [0.2, 0.25) is 5.02 Å². The first-order valence-corrected chi connectivity index (χ1v) is 6.23. The summed E-state index contributed by atoms with van der Waals surface area (Å²) in [5.41, 5.74) is 2.03. The Morgan fingerprint density at radius 2 is 2.05 bits per heavy atom. The van der Waals surface area contributed by atoms with Gasteiger partial charge in [0.1, 0.15) is 5.75 Å². The Morgan fingerprint density at radius 1 is 1.30 bits per heavy atom. The molecule has 1 aromatic carbocycles. The molecule has 20 heavy (non-hydrogen) atoms. The van der Waals surface area contributed by atoms with Crippen LogP contribution in [0.25, 0.3) is 0 Å². The number of urea groups is 1. The quantitative estimate of drug-likeness (QED) is 0.907. The molecule has 0 saturated heterocycles. The van der Waals surface area contributed by atoms with E-state index in [9.17, 15) is 4.79 Å².